The van der Waals surface area contributed by atoms with Gasteiger partial charge >= 0.3 is 5.97 Å². The molecule has 0 aliphatic rings. The number of carbonyl (C=O) groups excluding carboxylic acids is 1. The predicted octanol–water partition coefficient (Wildman–Crippen LogP) is 1.44. The Bertz CT molecular complexity index is 478. The molecule has 7 nitrogen and oxygen atoms in total. The topological polar surface area (TPSA) is 92.6 Å². The van der Waals surface area contributed by atoms with Crippen LogP contribution in [0.4, 0.5) is 0 Å². The van der Waals surface area contributed by atoms with E-state index in [0.717, 1.165) is 11.5 Å². The number of aromatic nitrogens is 2. The van der Waals surface area contributed by atoms with E-state index < -0.39 is 11.9 Å². The van der Waals surface area contributed by atoms with Crippen LogP contribution in [-0.2, 0) is 9.53 Å². The van der Waals surface area contributed by atoms with Crippen molar-refractivity contribution in [3.8, 4) is 0 Å². The summed E-state index contributed by atoms with van der Waals surface area (Å²) in [6, 6.07) is 0. The highest BCUT2D eigenvalue weighted by atomic mass is 32.1. The third-order valence-electron chi connectivity index (χ3n) is 2.97. The van der Waals surface area contributed by atoms with Crippen LogP contribution in [0.25, 0.3) is 0 Å². The summed E-state index contributed by atoms with van der Waals surface area (Å²) in [5.41, 5.74) is 0.572. The summed E-state index contributed by atoms with van der Waals surface area (Å²) in [7, 11) is 0. The average molecular weight is 315 g/mol. The fourth-order valence-corrected chi connectivity index (χ4v) is 2.38. The SMILES string of the molecule is CCOCCCN(CC(C)C(=O)O)C(=O)c1snnc1C. The van der Waals surface area contributed by atoms with Gasteiger partial charge in [-0.15, -0.1) is 5.10 Å². The Morgan fingerprint density at radius 2 is 2.19 bits per heavy atom. The second-order valence-corrected chi connectivity index (χ2v) is 5.48. The van der Waals surface area contributed by atoms with E-state index >= 15 is 0 Å². The van der Waals surface area contributed by atoms with Crippen LogP contribution in [0, 0.1) is 12.8 Å². The van der Waals surface area contributed by atoms with Crippen LogP contribution in [-0.4, -0.2) is 57.8 Å². The lowest BCUT2D eigenvalue weighted by atomic mass is 10.1. The number of hydrogen-bond acceptors (Lipinski definition) is 6. The molecule has 0 aliphatic heterocycles. The number of carboxylic acids is 1. The molecule has 1 unspecified atom stereocenters. The Balaban J connectivity index is 2.73. The molecule has 21 heavy (non-hydrogen) atoms. The summed E-state index contributed by atoms with van der Waals surface area (Å²) < 4.78 is 9.01. The van der Waals surface area contributed by atoms with Gasteiger partial charge in [0.05, 0.1) is 11.6 Å². The van der Waals surface area contributed by atoms with Crippen LogP contribution in [0.15, 0.2) is 0 Å². The van der Waals surface area contributed by atoms with Gasteiger partial charge in [-0.1, -0.05) is 11.4 Å². The van der Waals surface area contributed by atoms with Crippen molar-refractivity contribution >= 4 is 23.4 Å². The molecule has 1 aromatic heterocycles. The molecule has 1 aromatic rings. The van der Waals surface area contributed by atoms with Crippen molar-refractivity contribution in [3.05, 3.63) is 10.6 Å². The standard InChI is InChI=1S/C13H21N3O4S/c1-4-20-7-5-6-16(8-9(2)13(18)19)12(17)11-10(3)14-15-21-11/h9H,4-8H2,1-3H3,(H,18,19). The van der Waals surface area contributed by atoms with Crippen molar-refractivity contribution in [1.29, 1.82) is 0 Å². The monoisotopic (exact) mass is 315 g/mol. The number of amides is 1. The number of aliphatic carboxylic acids is 1. The first-order chi connectivity index (χ1) is 9.97. The molecule has 0 saturated carbocycles. The van der Waals surface area contributed by atoms with Gasteiger partial charge in [-0.2, -0.15) is 0 Å². The summed E-state index contributed by atoms with van der Waals surface area (Å²) in [4.78, 5) is 25.5. The maximum Gasteiger partial charge on any atom is 0.308 e. The van der Waals surface area contributed by atoms with Crippen molar-refractivity contribution in [2.75, 3.05) is 26.3 Å². The Kier molecular flexibility index (Phi) is 7.24. The Morgan fingerprint density at radius 1 is 1.48 bits per heavy atom. The van der Waals surface area contributed by atoms with Gasteiger partial charge in [-0.25, -0.2) is 0 Å². The van der Waals surface area contributed by atoms with E-state index in [9.17, 15) is 9.59 Å². The van der Waals surface area contributed by atoms with Gasteiger partial charge in [0.1, 0.15) is 4.88 Å². The average Bonchev–Trinajstić information content (AvgIpc) is 2.87. The molecule has 0 spiro atoms. The lowest BCUT2D eigenvalue weighted by Crippen LogP contribution is -2.38. The van der Waals surface area contributed by atoms with Gasteiger partial charge in [0.25, 0.3) is 5.91 Å². The molecule has 1 atom stereocenters. The Morgan fingerprint density at radius 3 is 2.71 bits per heavy atom. The van der Waals surface area contributed by atoms with Crippen molar-refractivity contribution in [2.24, 2.45) is 5.92 Å². The summed E-state index contributed by atoms with van der Waals surface area (Å²) in [6.45, 7) is 6.99. The van der Waals surface area contributed by atoms with E-state index in [1.54, 1.807) is 18.7 Å². The van der Waals surface area contributed by atoms with E-state index in [-0.39, 0.29) is 12.5 Å². The summed E-state index contributed by atoms with van der Waals surface area (Å²) >= 11 is 1.03. The minimum atomic E-state index is -0.920. The van der Waals surface area contributed by atoms with Gasteiger partial charge in [0.2, 0.25) is 0 Å². The maximum atomic E-state index is 12.5. The third kappa shape index (κ3) is 5.39. The van der Waals surface area contributed by atoms with Crippen LogP contribution >= 0.6 is 11.5 Å². The molecule has 1 heterocycles. The zero-order valence-electron chi connectivity index (χ0n) is 12.5. The number of carboxylic acid groups (broad SMARTS) is 1. The number of aryl methyl sites for hydroxylation is 1. The smallest absolute Gasteiger partial charge is 0.308 e. The van der Waals surface area contributed by atoms with Crippen LogP contribution in [0.2, 0.25) is 0 Å². The Labute approximate surface area is 128 Å². The molecule has 1 rings (SSSR count). The van der Waals surface area contributed by atoms with Crippen LogP contribution < -0.4 is 0 Å². The normalized spacial score (nSPS) is 12.1. The molecule has 0 aromatic carbocycles. The van der Waals surface area contributed by atoms with Crippen LogP contribution in [0.3, 0.4) is 0 Å². The van der Waals surface area contributed by atoms with Gasteiger partial charge in [-0.3, -0.25) is 9.59 Å². The highest BCUT2D eigenvalue weighted by molar-refractivity contribution is 7.07. The fraction of sp³-hybridized carbons (Fsp3) is 0.692. The zero-order valence-corrected chi connectivity index (χ0v) is 13.4. The van der Waals surface area contributed by atoms with Crippen molar-refractivity contribution in [2.45, 2.75) is 27.2 Å². The number of rotatable bonds is 9. The second kappa shape index (κ2) is 8.68. The molecule has 0 aliphatic carbocycles. The van der Waals surface area contributed by atoms with E-state index in [1.807, 2.05) is 6.92 Å². The predicted molar refractivity (Wildman–Crippen MR) is 78.5 cm³/mol. The van der Waals surface area contributed by atoms with Gasteiger partial charge in [-0.05, 0) is 31.8 Å². The lowest BCUT2D eigenvalue weighted by molar-refractivity contribution is -0.141. The lowest BCUT2D eigenvalue weighted by Gasteiger charge is -2.24. The number of hydrogen-bond donors (Lipinski definition) is 1. The quantitative estimate of drug-likeness (QED) is 0.693. The molecular weight excluding hydrogens is 294 g/mol. The molecule has 118 valence electrons. The third-order valence-corrected chi connectivity index (χ3v) is 3.79. The molecule has 8 heteroatoms. The van der Waals surface area contributed by atoms with E-state index in [1.165, 1.54) is 0 Å². The van der Waals surface area contributed by atoms with Crippen molar-refractivity contribution < 1.29 is 19.4 Å². The fourth-order valence-electron chi connectivity index (χ4n) is 1.76. The van der Waals surface area contributed by atoms with Crippen molar-refractivity contribution in [3.63, 3.8) is 0 Å². The zero-order chi connectivity index (χ0) is 15.8. The second-order valence-electron chi connectivity index (χ2n) is 4.73. The van der Waals surface area contributed by atoms with Gasteiger partial charge < -0.3 is 14.7 Å². The minimum Gasteiger partial charge on any atom is -0.481 e. The Hall–Kier alpha value is -1.54. The summed E-state index contributed by atoms with van der Waals surface area (Å²) in [5.74, 6) is -1.76. The highest BCUT2D eigenvalue weighted by Crippen LogP contribution is 2.14. The van der Waals surface area contributed by atoms with E-state index in [0.29, 0.717) is 36.8 Å². The number of nitrogens with zero attached hydrogens (tertiary/aromatic N) is 3. The first-order valence-corrected chi connectivity index (χ1v) is 7.63. The van der Waals surface area contributed by atoms with E-state index in [2.05, 4.69) is 9.59 Å². The van der Waals surface area contributed by atoms with Crippen LogP contribution in [0.5, 0.6) is 0 Å². The maximum absolute atomic E-state index is 12.5. The summed E-state index contributed by atoms with van der Waals surface area (Å²) in [5, 5.41) is 12.8. The molecule has 0 saturated heterocycles. The van der Waals surface area contributed by atoms with Crippen LogP contribution in [0.1, 0.15) is 35.6 Å². The molecule has 1 amide bonds. The molecule has 0 fully saturated rings. The number of carbonyl (C=O) groups is 2. The van der Waals surface area contributed by atoms with Gasteiger partial charge in [0, 0.05) is 26.3 Å². The molecular formula is C13H21N3O4S. The number of ether oxygens (including phenoxy) is 1. The molecule has 1 N–H and O–H groups in total. The molecule has 0 bridgehead atoms. The summed E-state index contributed by atoms with van der Waals surface area (Å²) in [6.07, 6.45) is 0.664. The first-order valence-electron chi connectivity index (χ1n) is 6.86. The van der Waals surface area contributed by atoms with E-state index in [4.69, 9.17) is 9.84 Å². The van der Waals surface area contributed by atoms with Crippen molar-refractivity contribution in [1.82, 2.24) is 14.5 Å². The van der Waals surface area contributed by atoms with Gasteiger partial charge in [0.15, 0.2) is 0 Å². The first kappa shape index (κ1) is 17.5. The highest BCUT2D eigenvalue weighted by Gasteiger charge is 2.24. The largest absolute Gasteiger partial charge is 0.481 e. The molecule has 0 radical (unpaired) electrons. The minimum absolute atomic E-state index is 0.164.